The van der Waals surface area contributed by atoms with Crippen molar-refractivity contribution in [3.05, 3.63) is 52.9 Å². The molecule has 1 aromatic heterocycles. The molecule has 0 spiro atoms. The van der Waals surface area contributed by atoms with E-state index in [1.807, 2.05) is 0 Å². The third-order valence-electron chi connectivity index (χ3n) is 4.79. The Morgan fingerprint density at radius 1 is 1.04 bits per heavy atom. The van der Waals surface area contributed by atoms with E-state index in [2.05, 4.69) is 0 Å². The number of imide groups is 1. The maximum absolute atomic E-state index is 13.0. The van der Waals surface area contributed by atoms with Crippen LogP contribution in [0.15, 0.2) is 45.7 Å². The van der Waals surface area contributed by atoms with Gasteiger partial charge in [0.2, 0.25) is 0 Å². The van der Waals surface area contributed by atoms with E-state index < -0.39 is 0 Å². The molecule has 2 amide bonds. The fourth-order valence-electron chi connectivity index (χ4n) is 3.46. The molecule has 0 unspecified atom stereocenters. The van der Waals surface area contributed by atoms with E-state index in [9.17, 15) is 14.0 Å². The lowest BCUT2D eigenvalue weighted by atomic mass is 9.94. The minimum absolute atomic E-state index is 0.0218. The maximum Gasteiger partial charge on any atom is 0.293 e. The van der Waals surface area contributed by atoms with Gasteiger partial charge in [-0.1, -0.05) is 19.3 Å². The quantitative estimate of drug-likeness (QED) is 0.673. The van der Waals surface area contributed by atoms with Crippen LogP contribution in [0, 0.1) is 5.82 Å². The lowest BCUT2D eigenvalue weighted by Gasteiger charge is -2.28. The minimum Gasteiger partial charge on any atom is -0.457 e. The van der Waals surface area contributed by atoms with Crippen molar-refractivity contribution in [2.75, 3.05) is 0 Å². The van der Waals surface area contributed by atoms with E-state index in [0.29, 0.717) is 16.4 Å². The summed E-state index contributed by atoms with van der Waals surface area (Å²) in [5, 5.41) is -0.196. The number of nitrogens with zero attached hydrogens (tertiary/aromatic N) is 1. The van der Waals surface area contributed by atoms with Crippen LogP contribution >= 0.6 is 11.8 Å². The summed E-state index contributed by atoms with van der Waals surface area (Å²) in [6.45, 7) is 0. The Bertz CT molecular complexity index is 865. The number of hydrogen-bond acceptors (Lipinski definition) is 4. The van der Waals surface area contributed by atoms with Crippen molar-refractivity contribution in [2.24, 2.45) is 0 Å². The Kier molecular flexibility index (Phi) is 4.68. The second kappa shape index (κ2) is 7.11. The standard InChI is InChI=1S/C20H18FNO3S/c21-14-8-6-13(7-9-14)17-11-10-16(25-17)12-18-19(23)22(20(24)26-18)15-4-2-1-3-5-15/h6-12,15H,1-5H2. The average Bonchev–Trinajstić information content (AvgIpc) is 3.21. The fourth-order valence-corrected chi connectivity index (χ4v) is 4.34. The molecule has 2 aromatic rings. The van der Waals surface area contributed by atoms with Gasteiger partial charge in [0.1, 0.15) is 17.3 Å². The van der Waals surface area contributed by atoms with Crippen molar-refractivity contribution in [1.82, 2.24) is 4.90 Å². The summed E-state index contributed by atoms with van der Waals surface area (Å²) in [6, 6.07) is 9.54. The van der Waals surface area contributed by atoms with Crippen LogP contribution in [0.3, 0.4) is 0 Å². The summed E-state index contributed by atoms with van der Waals surface area (Å²) in [5.74, 6) is 0.546. The molecule has 134 valence electrons. The highest BCUT2D eigenvalue weighted by atomic mass is 32.2. The van der Waals surface area contributed by atoms with Gasteiger partial charge in [0.25, 0.3) is 11.1 Å². The lowest BCUT2D eigenvalue weighted by Crippen LogP contribution is -2.39. The van der Waals surface area contributed by atoms with E-state index in [4.69, 9.17) is 4.42 Å². The molecule has 0 bridgehead atoms. The first-order chi connectivity index (χ1) is 12.6. The number of furan rings is 1. The maximum atomic E-state index is 13.0. The normalized spacial score (nSPS) is 20.3. The van der Waals surface area contributed by atoms with Gasteiger partial charge in [-0.15, -0.1) is 0 Å². The second-order valence-electron chi connectivity index (χ2n) is 6.55. The van der Waals surface area contributed by atoms with Crippen molar-refractivity contribution in [1.29, 1.82) is 0 Å². The van der Waals surface area contributed by atoms with Crippen LogP contribution in [0.4, 0.5) is 9.18 Å². The largest absolute Gasteiger partial charge is 0.457 e. The van der Waals surface area contributed by atoms with Crippen LogP contribution in [0.5, 0.6) is 0 Å². The van der Waals surface area contributed by atoms with Crippen molar-refractivity contribution in [2.45, 2.75) is 38.1 Å². The lowest BCUT2D eigenvalue weighted by molar-refractivity contribution is -0.124. The van der Waals surface area contributed by atoms with Gasteiger partial charge in [0, 0.05) is 17.7 Å². The molecule has 6 heteroatoms. The van der Waals surface area contributed by atoms with Gasteiger partial charge < -0.3 is 4.42 Å². The molecule has 2 aliphatic rings. The molecule has 1 saturated carbocycles. The van der Waals surface area contributed by atoms with Crippen LogP contribution in [0.1, 0.15) is 37.9 Å². The molecule has 1 aliphatic carbocycles. The van der Waals surface area contributed by atoms with Crippen molar-refractivity contribution in [3.8, 4) is 11.3 Å². The third-order valence-corrected chi connectivity index (χ3v) is 5.68. The summed E-state index contributed by atoms with van der Waals surface area (Å²) < 4.78 is 18.8. The van der Waals surface area contributed by atoms with E-state index in [1.54, 1.807) is 30.3 Å². The summed E-state index contributed by atoms with van der Waals surface area (Å²) in [4.78, 5) is 26.8. The predicted molar refractivity (Wildman–Crippen MR) is 98.8 cm³/mol. The van der Waals surface area contributed by atoms with Gasteiger partial charge in [-0.05, 0) is 61.0 Å². The van der Waals surface area contributed by atoms with Crippen molar-refractivity contribution in [3.63, 3.8) is 0 Å². The van der Waals surface area contributed by atoms with E-state index in [0.717, 1.165) is 43.0 Å². The molecular formula is C20H18FNO3S. The van der Waals surface area contributed by atoms with E-state index >= 15 is 0 Å². The third kappa shape index (κ3) is 3.33. The number of rotatable bonds is 3. The van der Waals surface area contributed by atoms with Crippen LogP contribution in [-0.4, -0.2) is 22.1 Å². The Hall–Kier alpha value is -2.34. The molecular weight excluding hydrogens is 353 g/mol. The summed E-state index contributed by atoms with van der Waals surface area (Å²) >= 11 is 0.966. The molecule has 2 fully saturated rings. The molecule has 0 radical (unpaired) electrons. The van der Waals surface area contributed by atoms with Crippen LogP contribution in [0.25, 0.3) is 17.4 Å². The first kappa shape index (κ1) is 17.1. The zero-order chi connectivity index (χ0) is 18.1. The Balaban J connectivity index is 1.54. The number of halogens is 1. The number of hydrogen-bond donors (Lipinski definition) is 0. The molecule has 4 rings (SSSR count). The molecule has 4 nitrogen and oxygen atoms in total. The minimum atomic E-state index is -0.308. The van der Waals surface area contributed by atoms with Gasteiger partial charge in [0.15, 0.2) is 0 Å². The van der Waals surface area contributed by atoms with Gasteiger partial charge >= 0.3 is 0 Å². The number of thioether (sulfide) groups is 1. The highest BCUT2D eigenvalue weighted by Gasteiger charge is 2.40. The molecule has 0 atom stereocenters. The number of carbonyl (C=O) groups excluding carboxylic acids is 2. The second-order valence-corrected chi connectivity index (χ2v) is 7.55. The van der Waals surface area contributed by atoms with Gasteiger partial charge in [-0.2, -0.15) is 0 Å². The molecule has 1 aliphatic heterocycles. The summed E-state index contributed by atoms with van der Waals surface area (Å²) in [6.07, 6.45) is 6.68. The number of amides is 2. The fraction of sp³-hybridized carbons (Fsp3) is 0.300. The zero-order valence-electron chi connectivity index (χ0n) is 14.1. The zero-order valence-corrected chi connectivity index (χ0v) is 14.9. The number of carbonyl (C=O) groups is 2. The van der Waals surface area contributed by atoms with Crippen molar-refractivity contribution < 1.29 is 18.4 Å². The Morgan fingerprint density at radius 2 is 1.77 bits per heavy atom. The summed E-state index contributed by atoms with van der Waals surface area (Å²) in [5.41, 5.74) is 0.751. The van der Waals surface area contributed by atoms with Crippen molar-refractivity contribution >= 4 is 29.0 Å². The average molecular weight is 371 g/mol. The van der Waals surface area contributed by atoms with E-state index in [1.165, 1.54) is 23.5 Å². The first-order valence-corrected chi connectivity index (χ1v) is 9.56. The molecule has 2 heterocycles. The Morgan fingerprint density at radius 3 is 2.50 bits per heavy atom. The SMILES string of the molecule is O=C1SC(=Cc2ccc(-c3ccc(F)cc3)o2)C(=O)N1C1CCCCC1. The van der Waals surface area contributed by atoms with Gasteiger partial charge in [-0.3, -0.25) is 14.5 Å². The van der Waals surface area contributed by atoms with Crippen LogP contribution < -0.4 is 0 Å². The van der Waals surface area contributed by atoms with Crippen LogP contribution in [-0.2, 0) is 4.79 Å². The topological polar surface area (TPSA) is 50.5 Å². The summed E-state index contributed by atoms with van der Waals surface area (Å²) in [7, 11) is 0. The first-order valence-electron chi connectivity index (χ1n) is 8.75. The smallest absolute Gasteiger partial charge is 0.293 e. The van der Waals surface area contributed by atoms with E-state index in [-0.39, 0.29) is 23.0 Å². The molecule has 26 heavy (non-hydrogen) atoms. The highest BCUT2D eigenvalue weighted by molar-refractivity contribution is 8.18. The monoisotopic (exact) mass is 371 g/mol. The van der Waals surface area contributed by atoms with Crippen LogP contribution in [0.2, 0.25) is 0 Å². The molecule has 1 aromatic carbocycles. The Labute approximate surface area is 155 Å². The number of benzene rings is 1. The van der Waals surface area contributed by atoms with Gasteiger partial charge in [0.05, 0.1) is 4.91 Å². The predicted octanol–water partition coefficient (Wildman–Crippen LogP) is 5.45. The highest BCUT2D eigenvalue weighted by Crippen LogP contribution is 2.37. The molecule has 1 saturated heterocycles. The van der Waals surface area contributed by atoms with Gasteiger partial charge in [-0.25, -0.2) is 4.39 Å². The molecule has 0 N–H and O–H groups in total.